The van der Waals surface area contributed by atoms with Gasteiger partial charge in [-0.05, 0) is 24.4 Å². The van der Waals surface area contributed by atoms with Crippen LogP contribution in [0.2, 0.25) is 0 Å². The minimum Gasteiger partial charge on any atom is -0.352 e. The number of hydrogen-bond acceptors (Lipinski definition) is 4. The Morgan fingerprint density at radius 1 is 1.40 bits per heavy atom. The molecule has 0 bridgehead atoms. The molecule has 2 aromatic rings. The zero-order chi connectivity index (χ0) is 14.4. The molecular formula is C14H17N3O2S. The minimum absolute atomic E-state index is 0.0146. The summed E-state index contributed by atoms with van der Waals surface area (Å²) in [5.41, 5.74) is 0. The molecule has 0 aliphatic heterocycles. The fourth-order valence-electron chi connectivity index (χ4n) is 1.87. The Morgan fingerprint density at radius 2 is 2.25 bits per heavy atom. The van der Waals surface area contributed by atoms with Gasteiger partial charge in [0.1, 0.15) is 0 Å². The van der Waals surface area contributed by atoms with Gasteiger partial charge in [-0.1, -0.05) is 6.07 Å². The van der Waals surface area contributed by atoms with E-state index >= 15 is 0 Å². The third-order valence-corrected chi connectivity index (χ3v) is 3.71. The number of amides is 1. The van der Waals surface area contributed by atoms with E-state index in [1.54, 1.807) is 16.9 Å². The minimum atomic E-state index is -0.102. The SMILES string of the molecule is C[C@@H](Cn1cccn1)NC(=O)CCC(=O)c1cccs1. The van der Waals surface area contributed by atoms with Gasteiger partial charge in [0.2, 0.25) is 5.91 Å². The van der Waals surface area contributed by atoms with Crippen LogP contribution in [0.25, 0.3) is 0 Å². The third-order valence-electron chi connectivity index (χ3n) is 2.80. The lowest BCUT2D eigenvalue weighted by molar-refractivity contribution is -0.121. The van der Waals surface area contributed by atoms with E-state index in [0.29, 0.717) is 11.4 Å². The molecule has 1 N–H and O–H groups in total. The van der Waals surface area contributed by atoms with Crippen LogP contribution in [-0.2, 0) is 11.3 Å². The third kappa shape index (κ3) is 4.31. The van der Waals surface area contributed by atoms with E-state index in [9.17, 15) is 9.59 Å². The van der Waals surface area contributed by atoms with E-state index in [1.807, 2.05) is 30.6 Å². The van der Waals surface area contributed by atoms with E-state index < -0.39 is 0 Å². The number of aromatic nitrogens is 2. The van der Waals surface area contributed by atoms with Gasteiger partial charge in [0.25, 0.3) is 0 Å². The smallest absolute Gasteiger partial charge is 0.220 e. The Hall–Kier alpha value is -1.95. The van der Waals surface area contributed by atoms with Gasteiger partial charge in [-0.15, -0.1) is 11.3 Å². The van der Waals surface area contributed by atoms with Gasteiger partial charge in [-0.3, -0.25) is 14.3 Å². The van der Waals surface area contributed by atoms with E-state index in [1.165, 1.54) is 11.3 Å². The maximum absolute atomic E-state index is 11.8. The van der Waals surface area contributed by atoms with E-state index in [4.69, 9.17) is 0 Å². The first kappa shape index (κ1) is 14.5. The predicted octanol–water partition coefficient (Wildman–Crippen LogP) is 2.11. The highest BCUT2D eigenvalue weighted by Crippen LogP contribution is 2.12. The second-order valence-corrected chi connectivity index (χ2v) is 5.54. The number of hydrogen-bond donors (Lipinski definition) is 1. The molecule has 2 aromatic heterocycles. The highest BCUT2D eigenvalue weighted by Gasteiger charge is 2.12. The Balaban J connectivity index is 1.71. The molecule has 106 valence electrons. The Morgan fingerprint density at radius 3 is 2.90 bits per heavy atom. The molecule has 1 amide bonds. The summed E-state index contributed by atoms with van der Waals surface area (Å²) in [4.78, 5) is 24.2. The summed E-state index contributed by atoms with van der Waals surface area (Å²) >= 11 is 1.41. The fraction of sp³-hybridized carbons (Fsp3) is 0.357. The summed E-state index contributed by atoms with van der Waals surface area (Å²) < 4.78 is 1.77. The highest BCUT2D eigenvalue weighted by atomic mass is 32.1. The van der Waals surface area contributed by atoms with Crippen LogP contribution in [0, 0.1) is 0 Å². The van der Waals surface area contributed by atoms with Crippen LogP contribution in [0.5, 0.6) is 0 Å². The number of ketones is 1. The maximum atomic E-state index is 11.8. The molecular weight excluding hydrogens is 274 g/mol. The van der Waals surface area contributed by atoms with Gasteiger partial charge in [-0.25, -0.2) is 0 Å². The van der Waals surface area contributed by atoms with Crippen molar-refractivity contribution in [2.75, 3.05) is 0 Å². The lowest BCUT2D eigenvalue weighted by Crippen LogP contribution is -2.35. The molecule has 0 saturated carbocycles. The number of carbonyl (C=O) groups excluding carboxylic acids is 2. The van der Waals surface area contributed by atoms with E-state index in [0.717, 1.165) is 0 Å². The Bertz CT molecular complexity index is 549. The molecule has 6 heteroatoms. The molecule has 0 aromatic carbocycles. The van der Waals surface area contributed by atoms with Gasteiger partial charge in [0, 0.05) is 31.3 Å². The lowest BCUT2D eigenvalue weighted by Gasteiger charge is -2.13. The van der Waals surface area contributed by atoms with Gasteiger partial charge in [0.15, 0.2) is 5.78 Å². The molecule has 20 heavy (non-hydrogen) atoms. The molecule has 0 radical (unpaired) electrons. The largest absolute Gasteiger partial charge is 0.352 e. The van der Waals surface area contributed by atoms with Crippen LogP contribution in [0.15, 0.2) is 36.0 Å². The van der Waals surface area contributed by atoms with Crippen LogP contribution >= 0.6 is 11.3 Å². The molecule has 1 atom stereocenters. The average molecular weight is 291 g/mol. The van der Waals surface area contributed by atoms with Crippen molar-refractivity contribution in [3.63, 3.8) is 0 Å². The summed E-state index contributed by atoms with van der Waals surface area (Å²) in [6.45, 7) is 2.54. The molecule has 2 heterocycles. The number of Topliss-reactive ketones (excluding diaryl/α,β-unsaturated/α-hetero) is 1. The highest BCUT2D eigenvalue weighted by molar-refractivity contribution is 7.12. The molecule has 0 aliphatic carbocycles. The molecule has 5 nitrogen and oxygen atoms in total. The van der Waals surface area contributed by atoms with Gasteiger partial charge >= 0.3 is 0 Å². The Labute approximate surface area is 121 Å². The number of nitrogens with one attached hydrogen (secondary N) is 1. The second-order valence-electron chi connectivity index (χ2n) is 4.60. The summed E-state index contributed by atoms with van der Waals surface area (Å²) in [5.74, 6) is -0.0792. The van der Waals surface area contributed by atoms with Crippen molar-refractivity contribution in [3.05, 3.63) is 40.8 Å². The molecule has 2 rings (SSSR count). The molecule has 0 saturated heterocycles. The Kier molecular flexibility index (Phi) is 5.06. The van der Waals surface area contributed by atoms with E-state index in [-0.39, 0.29) is 30.6 Å². The van der Waals surface area contributed by atoms with Gasteiger partial charge in [0.05, 0.1) is 11.4 Å². The molecule has 0 aliphatic rings. The number of nitrogens with zero attached hydrogens (tertiary/aromatic N) is 2. The summed E-state index contributed by atoms with van der Waals surface area (Å²) in [5, 5.41) is 8.81. The number of thiophene rings is 1. The first-order valence-corrected chi connectivity index (χ1v) is 7.36. The van der Waals surface area contributed by atoms with Crippen LogP contribution in [0.1, 0.15) is 29.4 Å². The zero-order valence-corrected chi connectivity index (χ0v) is 12.1. The number of carbonyl (C=O) groups is 2. The molecule has 0 unspecified atom stereocenters. The van der Waals surface area contributed by atoms with Gasteiger partial charge < -0.3 is 5.32 Å². The second kappa shape index (κ2) is 7.00. The van der Waals surface area contributed by atoms with Crippen LogP contribution < -0.4 is 5.32 Å². The predicted molar refractivity (Wildman–Crippen MR) is 77.7 cm³/mol. The van der Waals surface area contributed by atoms with Crippen molar-refractivity contribution in [1.29, 1.82) is 0 Å². The average Bonchev–Trinajstić information content (AvgIpc) is 3.08. The maximum Gasteiger partial charge on any atom is 0.220 e. The lowest BCUT2D eigenvalue weighted by atomic mass is 10.2. The van der Waals surface area contributed by atoms with Crippen molar-refractivity contribution in [2.24, 2.45) is 0 Å². The number of rotatable bonds is 7. The van der Waals surface area contributed by atoms with Gasteiger partial charge in [-0.2, -0.15) is 5.10 Å². The monoisotopic (exact) mass is 291 g/mol. The fourth-order valence-corrected chi connectivity index (χ4v) is 2.56. The van der Waals surface area contributed by atoms with Crippen LogP contribution in [0.3, 0.4) is 0 Å². The quantitative estimate of drug-likeness (QED) is 0.795. The zero-order valence-electron chi connectivity index (χ0n) is 11.3. The molecule has 0 fully saturated rings. The first-order chi connectivity index (χ1) is 9.65. The standard InChI is InChI=1S/C14H17N3O2S/c1-11(10-17-8-3-7-15-17)16-14(19)6-5-12(18)13-4-2-9-20-13/h2-4,7-9,11H,5-6,10H2,1H3,(H,16,19)/t11-/m0/s1. The normalized spacial score (nSPS) is 12.1. The van der Waals surface area contributed by atoms with Crippen molar-refractivity contribution in [1.82, 2.24) is 15.1 Å². The summed E-state index contributed by atoms with van der Waals surface area (Å²) in [7, 11) is 0. The summed E-state index contributed by atoms with van der Waals surface area (Å²) in [6, 6.07) is 5.45. The van der Waals surface area contributed by atoms with Crippen molar-refractivity contribution >= 4 is 23.0 Å². The van der Waals surface area contributed by atoms with Crippen molar-refractivity contribution in [2.45, 2.75) is 32.4 Å². The van der Waals surface area contributed by atoms with Crippen LogP contribution in [0.4, 0.5) is 0 Å². The first-order valence-electron chi connectivity index (χ1n) is 6.48. The van der Waals surface area contributed by atoms with Crippen LogP contribution in [-0.4, -0.2) is 27.5 Å². The van der Waals surface area contributed by atoms with Crippen molar-refractivity contribution < 1.29 is 9.59 Å². The van der Waals surface area contributed by atoms with Crippen molar-refractivity contribution in [3.8, 4) is 0 Å². The summed E-state index contributed by atoms with van der Waals surface area (Å²) in [6.07, 6.45) is 4.03. The van der Waals surface area contributed by atoms with E-state index in [2.05, 4.69) is 10.4 Å². The topological polar surface area (TPSA) is 64.0 Å². The molecule has 0 spiro atoms.